The van der Waals surface area contributed by atoms with Crippen LogP contribution in [0.4, 0.5) is 11.5 Å². The van der Waals surface area contributed by atoms with Crippen LogP contribution in [0.15, 0.2) is 63.3 Å². The first-order valence-corrected chi connectivity index (χ1v) is 8.26. The molecule has 3 rings (SSSR count). The predicted octanol–water partition coefficient (Wildman–Crippen LogP) is 3.54. The van der Waals surface area contributed by atoms with Crippen molar-refractivity contribution in [1.82, 2.24) is 15.4 Å². The number of anilines is 1. The molecular formula is C15H10ClN5O4S. The Balaban J connectivity index is 1.82. The van der Waals surface area contributed by atoms with Crippen LogP contribution in [-0.4, -0.2) is 20.8 Å². The Morgan fingerprint density at radius 1 is 1.23 bits per heavy atom. The molecule has 0 aliphatic heterocycles. The minimum absolute atomic E-state index is 0.0463. The van der Waals surface area contributed by atoms with E-state index in [-0.39, 0.29) is 22.3 Å². The summed E-state index contributed by atoms with van der Waals surface area (Å²) in [6, 6.07) is 9.75. The van der Waals surface area contributed by atoms with Gasteiger partial charge in [0.25, 0.3) is 0 Å². The quantitative estimate of drug-likeness (QED) is 0.371. The molecule has 0 aliphatic rings. The van der Waals surface area contributed by atoms with E-state index in [1.54, 1.807) is 30.3 Å². The lowest BCUT2D eigenvalue weighted by atomic mass is 10.4. The number of amides is 1. The number of nitrogens with zero attached hydrogens (tertiary/aromatic N) is 3. The highest BCUT2D eigenvalue weighted by atomic mass is 35.5. The molecule has 0 saturated carbocycles. The Morgan fingerprint density at radius 3 is 2.65 bits per heavy atom. The molecule has 9 nitrogen and oxygen atoms in total. The average molecular weight is 392 g/mol. The molecule has 2 N–H and O–H groups in total. The topological polar surface area (TPSA) is 123 Å². The van der Waals surface area contributed by atoms with Crippen molar-refractivity contribution in [3.63, 3.8) is 0 Å². The Morgan fingerprint density at radius 2 is 2.00 bits per heavy atom. The summed E-state index contributed by atoms with van der Waals surface area (Å²) in [5.74, 6) is -0.707. The third kappa shape index (κ3) is 4.10. The number of nitrogens with one attached hydrogen (secondary N) is 2. The lowest BCUT2D eigenvalue weighted by Crippen LogP contribution is -2.30. The summed E-state index contributed by atoms with van der Waals surface area (Å²) in [6.07, 6.45) is 2.50. The molecule has 0 radical (unpaired) electrons. The normalized spacial score (nSPS) is 10.3. The van der Waals surface area contributed by atoms with Gasteiger partial charge in [0, 0.05) is 9.92 Å². The number of carbonyl (C=O) groups excluding carboxylic acids is 1. The molecule has 2 aromatic heterocycles. The van der Waals surface area contributed by atoms with Crippen LogP contribution in [0.1, 0.15) is 10.6 Å². The number of furan rings is 1. The average Bonchev–Trinajstić information content (AvgIpc) is 3.16. The summed E-state index contributed by atoms with van der Waals surface area (Å²) in [4.78, 5) is 31.2. The van der Waals surface area contributed by atoms with E-state index in [0.29, 0.717) is 9.92 Å². The molecule has 3 aromatic rings. The van der Waals surface area contributed by atoms with E-state index in [1.165, 1.54) is 12.3 Å². The fourth-order valence-corrected chi connectivity index (χ4v) is 2.88. The first-order valence-electron chi connectivity index (χ1n) is 7.07. The van der Waals surface area contributed by atoms with Crippen molar-refractivity contribution in [1.29, 1.82) is 0 Å². The standard InChI is InChI=1S/C15H10ClN5O4S/c16-9-3-5-10(6-4-9)26-15-12(21(23)24)13(17-8-18-15)19-20-14(22)11-2-1-7-25-11/h1-8H,(H,20,22)(H,17,18,19). The number of halogens is 1. The smallest absolute Gasteiger partial charge is 0.345 e. The molecule has 26 heavy (non-hydrogen) atoms. The van der Waals surface area contributed by atoms with Crippen molar-refractivity contribution in [3.8, 4) is 0 Å². The second kappa shape index (κ2) is 7.85. The van der Waals surface area contributed by atoms with E-state index in [9.17, 15) is 14.9 Å². The zero-order valence-corrected chi connectivity index (χ0v) is 14.5. The second-order valence-electron chi connectivity index (χ2n) is 4.75. The highest BCUT2D eigenvalue weighted by molar-refractivity contribution is 7.99. The zero-order valence-electron chi connectivity index (χ0n) is 12.9. The number of nitro groups is 1. The molecule has 11 heteroatoms. The SMILES string of the molecule is O=C(NNc1ncnc(Sc2ccc(Cl)cc2)c1[N+](=O)[O-])c1ccco1. The van der Waals surface area contributed by atoms with E-state index in [1.807, 2.05) is 0 Å². The van der Waals surface area contributed by atoms with E-state index >= 15 is 0 Å². The van der Waals surface area contributed by atoms with Crippen LogP contribution < -0.4 is 10.9 Å². The van der Waals surface area contributed by atoms with Gasteiger partial charge in [0.15, 0.2) is 10.8 Å². The number of hydrogen-bond acceptors (Lipinski definition) is 8. The van der Waals surface area contributed by atoms with Gasteiger partial charge in [-0.25, -0.2) is 9.97 Å². The van der Waals surface area contributed by atoms with Gasteiger partial charge in [0.1, 0.15) is 6.33 Å². The summed E-state index contributed by atoms with van der Waals surface area (Å²) in [5, 5.41) is 12.1. The van der Waals surface area contributed by atoms with Gasteiger partial charge in [-0.1, -0.05) is 23.4 Å². The van der Waals surface area contributed by atoms with Crippen molar-refractivity contribution >= 4 is 40.8 Å². The highest BCUT2D eigenvalue weighted by Crippen LogP contribution is 2.36. The number of benzene rings is 1. The van der Waals surface area contributed by atoms with E-state index < -0.39 is 10.8 Å². The van der Waals surface area contributed by atoms with Crippen LogP contribution in [0.3, 0.4) is 0 Å². The molecule has 0 aliphatic carbocycles. The minimum Gasteiger partial charge on any atom is -0.459 e. The lowest BCUT2D eigenvalue weighted by Gasteiger charge is -2.08. The van der Waals surface area contributed by atoms with Gasteiger partial charge in [0.05, 0.1) is 11.2 Å². The molecule has 0 unspecified atom stereocenters. The van der Waals surface area contributed by atoms with E-state index in [4.69, 9.17) is 16.0 Å². The van der Waals surface area contributed by atoms with Gasteiger partial charge in [-0.2, -0.15) is 0 Å². The van der Waals surface area contributed by atoms with E-state index in [2.05, 4.69) is 20.8 Å². The monoisotopic (exact) mass is 391 g/mol. The number of aromatic nitrogens is 2. The van der Waals surface area contributed by atoms with E-state index in [0.717, 1.165) is 18.1 Å². The molecule has 0 atom stereocenters. The molecule has 0 saturated heterocycles. The van der Waals surface area contributed by atoms with Gasteiger partial charge in [-0.15, -0.1) is 0 Å². The number of carbonyl (C=O) groups is 1. The Kier molecular flexibility index (Phi) is 5.34. The summed E-state index contributed by atoms with van der Waals surface area (Å²) < 4.78 is 4.94. The Labute approximate surface area is 155 Å². The maximum Gasteiger partial charge on any atom is 0.345 e. The van der Waals surface area contributed by atoms with Crippen LogP contribution >= 0.6 is 23.4 Å². The van der Waals surface area contributed by atoms with Gasteiger partial charge < -0.3 is 4.42 Å². The molecule has 132 valence electrons. The number of hydrogen-bond donors (Lipinski definition) is 2. The molecule has 0 spiro atoms. The lowest BCUT2D eigenvalue weighted by molar-refractivity contribution is -0.387. The molecule has 0 bridgehead atoms. The van der Waals surface area contributed by atoms with Crippen LogP contribution in [-0.2, 0) is 0 Å². The summed E-state index contributed by atoms with van der Waals surface area (Å²) >= 11 is 6.91. The van der Waals surface area contributed by atoms with Crippen LogP contribution in [0.2, 0.25) is 5.02 Å². The molecule has 1 amide bonds. The van der Waals surface area contributed by atoms with Gasteiger partial charge in [0.2, 0.25) is 5.82 Å². The number of hydrazine groups is 1. The summed E-state index contributed by atoms with van der Waals surface area (Å²) in [7, 11) is 0. The zero-order chi connectivity index (χ0) is 18.5. The molecule has 1 aromatic carbocycles. The highest BCUT2D eigenvalue weighted by Gasteiger charge is 2.24. The maximum atomic E-state index is 11.9. The fourth-order valence-electron chi connectivity index (χ4n) is 1.89. The first-order chi connectivity index (χ1) is 12.5. The van der Waals surface area contributed by atoms with Gasteiger partial charge in [-0.05, 0) is 36.4 Å². The first kappa shape index (κ1) is 17.7. The minimum atomic E-state index is -0.625. The largest absolute Gasteiger partial charge is 0.459 e. The van der Waals surface area contributed by atoms with Crippen molar-refractivity contribution < 1.29 is 14.1 Å². The van der Waals surface area contributed by atoms with Crippen LogP contribution in [0.25, 0.3) is 0 Å². The number of rotatable bonds is 6. The molecular weight excluding hydrogens is 382 g/mol. The van der Waals surface area contributed by atoms with Gasteiger partial charge >= 0.3 is 11.6 Å². The van der Waals surface area contributed by atoms with Gasteiger partial charge in [-0.3, -0.25) is 25.8 Å². The van der Waals surface area contributed by atoms with Crippen LogP contribution in [0.5, 0.6) is 0 Å². The molecule has 0 fully saturated rings. The Hall–Kier alpha value is -3.11. The van der Waals surface area contributed by atoms with Crippen molar-refractivity contribution in [3.05, 3.63) is 69.9 Å². The summed E-state index contributed by atoms with van der Waals surface area (Å²) in [6.45, 7) is 0. The Bertz CT molecular complexity index is 934. The van der Waals surface area contributed by atoms with Crippen molar-refractivity contribution in [2.75, 3.05) is 5.43 Å². The van der Waals surface area contributed by atoms with Crippen molar-refractivity contribution in [2.24, 2.45) is 0 Å². The molecule has 2 heterocycles. The third-order valence-electron chi connectivity index (χ3n) is 3.04. The van der Waals surface area contributed by atoms with Crippen LogP contribution in [0, 0.1) is 10.1 Å². The fraction of sp³-hybridized carbons (Fsp3) is 0. The summed E-state index contributed by atoms with van der Waals surface area (Å²) in [5.41, 5.74) is 4.35. The predicted molar refractivity (Wildman–Crippen MR) is 94.1 cm³/mol. The third-order valence-corrected chi connectivity index (χ3v) is 4.29. The second-order valence-corrected chi connectivity index (χ2v) is 6.24. The maximum absolute atomic E-state index is 11.9. The van der Waals surface area contributed by atoms with Crippen molar-refractivity contribution in [2.45, 2.75) is 9.92 Å².